The summed E-state index contributed by atoms with van der Waals surface area (Å²) >= 11 is 0. The number of fused-ring (bicyclic) bond motifs is 1. The lowest BCUT2D eigenvalue weighted by Gasteiger charge is -2.41. The predicted octanol–water partition coefficient (Wildman–Crippen LogP) is 1.19. The maximum atomic E-state index is 14.6. The van der Waals surface area contributed by atoms with Crippen LogP contribution in [0.25, 0.3) is 5.65 Å². The summed E-state index contributed by atoms with van der Waals surface area (Å²) in [6.45, 7) is 6.69. The molecule has 1 amide bonds. The van der Waals surface area contributed by atoms with Crippen LogP contribution in [0.5, 0.6) is 0 Å². The van der Waals surface area contributed by atoms with Crippen molar-refractivity contribution in [3.05, 3.63) is 57.6 Å². The van der Waals surface area contributed by atoms with Crippen LogP contribution in [0.2, 0.25) is 0 Å². The maximum absolute atomic E-state index is 14.6. The molecule has 9 nitrogen and oxygen atoms in total. The molecule has 164 valence electrons. The molecule has 31 heavy (non-hydrogen) atoms. The van der Waals surface area contributed by atoms with Crippen LogP contribution in [0.15, 0.2) is 29.2 Å². The quantitative estimate of drug-likeness (QED) is 0.594. The first-order valence-corrected chi connectivity index (χ1v) is 10.4. The molecule has 0 saturated carbocycles. The number of H-pyrrole nitrogens is 1. The lowest BCUT2D eigenvalue weighted by molar-refractivity contribution is 0.0957. The van der Waals surface area contributed by atoms with Crippen molar-refractivity contribution in [3.8, 4) is 0 Å². The van der Waals surface area contributed by atoms with Crippen molar-refractivity contribution in [1.29, 1.82) is 0 Å². The topological polar surface area (TPSA) is 98.6 Å². The Morgan fingerprint density at radius 3 is 2.84 bits per heavy atom. The van der Waals surface area contributed by atoms with E-state index in [-0.39, 0.29) is 17.3 Å². The normalized spacial score (nSPS) is 17.3. The lowest BCUT2D eigenvalue weighted by atomic mass is 10.1. The Labute approximate surface area is 178 Å². The van der Waals surface area contributed by atoms with Gasteiger partial charge in [-0.3, -0.25) is 14.5 Å². The summed E-state index contributed by atoms with van der Waals surface area (Å²) in [4.78, 5) is 34.6. The van der Waals surface area contributed by atoms with Gasteiger partial charge in [0, 0.05) is 57.1 Å². The number of anilines is 1. The fourth-order valence-corrected chi connectivity index (χ4v) is 4.03. The highest BCUT2D eigenvalue weighted by molar-refractivity contribution is 5.92. The van der Waals surface area contributed by atoms with Crippen molar-refractivity contribution in [2.45, 2.75) is 32.9 Å². The van der Waals surface area contributed by atoms with Gasteiger partial charge in [0.15, 0.2) is 0 Å². The molecule has 10 heteroatoms. The van der Waals surface area contributed by atoms with Crippen LogP contribution >= 0.6 is 0 Å². The number of nitrogens with zero attached hydrogens (tertiary/aromatic N) is 5. The van der Waals surface area contributed by atoms with Gasteiger partial charge in [0.05, 0.1) is 11.4 Å². The SMILES string of the molecule is CCc1cn2nc(CN3CCN(c4ccc(C(=O)NC)nc4F)C(C)C3)cc2[nH]c1=O. The molecule has 1 atom stereocenters. The van der Waals surface area contributed by atoms with Crippen LogP contribution in [0.4, 0.5) is 10.1 Å². The molecule has 4 rings (SSSR count). The first-order chi connectivity index (χ1) is 14.9. The van der Waals surface area contributed by atoms with Gasteiger partial charge in [-0.2, -0.15) is 9.49 Å². The number of aromatic nitrogens is 4. The van der Waals surface area contributed by atoms with Crippen LogP contribution in [0.1, 0.15) is 35.6 Å². The Kier molecular flexibility index (Phi) is 5.73. The number of aromatic amines is 1. The van der Waals surface area contributed by atoms with E-state index in [4.69, 9.17) is 0 Å². The highest BCUT2D eigenvalue weighted by atomic mass is 19.1. The Bertz CT molecular complexity index is 1170. The molecule has 1 aliphatic heterocycles. The summed E-state index contributed by atoms with van der Waals surface area (Å²) in [5.74, 6) is -1.05. The molecule has 1 fully saturated rings. The highest BCUT2D eigenvalue weighted by Crippen LogP contribution is 2.24. The summed E-state index contributed by atoms with van der Waals surface area (Å²) < 4.78 is 16.3. The molecular weight excluding hydrogens is 401 g/mol. The molecule has 1 unspecified atom stereocenters. The number of aryl methyl sites for hydroxylation is 1. The Morgan fingerprint density at radius 1 is 1.35 bits per heavy atom. The smallest absolute Gasteiger partial charge is 0.269 e. The Balaban J connectivity index is 1.45. The fourth-order valence-electron chi connectivity index (χ4n) is 4.03. The molecule has 3 aromatic rings. The van der Waals surface area contributed by atoms with Crippen LogP contribution in [0, 0.1) is 5.95 Å². The molecule has 2 N–H and O–H groups in total. The van der Waals surface area contributed by atoms with Crippen molar-refractivity contribution in [1.82, 2.24) is 29.8 Å². The highest BCUT2D eigenvalue weighted by Gasteiger charge is 2.27. The number of piperazine rings is 1. The molecule has 0 radical (unpaired) electrons. The second kappa shape index (κ2) is 8.46. The van der Waals surface area contributed by atoms with E-state index in [0.717, 1.165) is 18.8 Å². The zero-order valence-corrected chi connectivity index (χ0v) is 17.9. The molecule has 1 aliphatic rings. The lowest BCUT2D eigenvalue weighted by Crippen LogP contribution is -2.52. The van der Waals surface area contributed by atoms with Crippen LogP contribution in [-0.4, -0.2) is 63.1 Å². The average molecular weight is 427 g/mol. The Morgan fingerprint density at radius 2 is 2.16 bits per heavy atom. The van der Waals surface area contributed by atoms with Crippen molar-refractivity contribution >= 4 is 17.2 Å². The van der Waals surface area contributed by atoms with E-state index < -0.39 is 11.9 Å². The maximum Gasteiger partial charge on any atom is 0.269 e. The molecule has 0 aromatic carbocycles. The van der Waals surface area contributed by atoms with Crippen LogP contribution in [-0.2, 0) is 13.0 Å². The van der Waals surface area contributed by atoms with E-state index >= 15 is 0 Å². The summed E-state index contributed by atoms with van der Waals surface area (Å²) in [6.07, 6.45) is 2.42. The van der Waals surface area contributed by atoms with Crippen molar-refractivity contribution in [3.63, 3.8) is 0 Å². The summed E-state index contributed by atoms with van der Waals surface area (Å²) in [5.41, 5.74) is 2.62. The Hall–Kier alpha value is -3.27. The van der Waals surface area contributed by atoms with E-state index in [0.29, 0.717) is 36.4 Å². The zero-order valence-electron chi connectivity index (χ0n) is 17.9. The number of amides is 1. The van der Waals surface area contributed by atoms with Gasteiger partial charge in [0.1, 0.15) is 11.3 Å². The number of carbonyl (C=O) groups is 1. The number of halogens is 1. The van der Waals surface area contributed by atoms with Gasteiger partial charge in [-0.15, -0.1) is 0 Å². The third kappa shape index (κ3) is 4.15. The van der Waals surface area contributed by atoms with E-state index in [1.807, 2.05) is 24.8 Å². The van der Waals surface area contributed by atoms with E-state index in [1.165, 1.54) is 7.05 Å². The number of carbonyl (C=O) groups excluding carboxylic acids is 1. The third-order valence-corrected chi connectivity index (χ3v) is 5.67. The number of pyridine rings is 1. The monoisotopic (exact) mass is 427 g/mol. The summed E-state index contributed by atoms with van der Waals surface area (Å²) in [5, 5.41) is 7.04. The second-order valence-corrected chi connectivity index (χ2v) is 7.79. The van der Waals surface area contributed by atoms with E-state index in [1.54, 1.807) is 22.8 Å². The zero-order chi connectivity index (χ0) is 22.1. The minimum absolute atomic E-state index is 0.0550. The standard InChI is InChI=1S/C21H26FN7O2/c1-4-14-11-29-18(25-20(14)30)9-15(26-29)12-27-7-8-28(13(2)10-27)17-6-5-16(21(31)23-3)24-19(17)22/h5-6,9,11,13H,4,7-8,10,12H2,1-3H3,(H,23,31)(H,25,30). The van der Waals surface area contributed by atoms with Gasteiger partial charge in [0.25, 0.3) is 11.5 Å². The molecule has 0 bridgehead atoms. The minimum Gasteiger partial charge on any atom is -0.363 e. The first kappa shape index (κ1) is 21.0. The second-order valence-electron chi connectivity index (χ2n) is 7.79. The van der Waals surface area contributed by atoms with Gasteiger partial charge in [-0.25, -0.2) is 9.50 Å². The van der Waals surface area contributed by atoms with Gasteiger partial charge in [0.2, 0.25) is 5.95 Å². The number of hydrogen-bond donors (Lipinski definition) is 2. The van der Waals surface area contributed by atoms with Gasteiger partial charge in [-0.05, 0) is 25.5 Å². The van der Waals surface area contributed by atoms with Gasteiger partial charge < -0.3 is 15.2 Å². The minimum atomic E-state index is -0.641. The van der Waals surface area contributed by atoms with Crippen LogP contribution < -0.4 is 15.8 Å². The molecule has 0 spiro atoms. The number of hydrogen-bond acceptors (Lipinski definition) is 6. The predicted molar refractivity (Wildman–Crippen MR) is 115 cm³/mol. The van der Waals surface area contributed by atoms with Crippen molar-refractivity contribution in [2.75, 3.05) is 31.6 Å². The molecule has 1 saturated heterocycles. The number of rotatable bonds is 5. The van der Waals surface area contributed by atoms with Crippen LogP contribution in [0.3, 0.4) is 0 Å². The van der Waals surface area contributed by atoms with Gasteiger partial charge >= 0.3 is 0 Å². The first-order valence-electron chi connectivity index (χ1n) is 10.4. The van der Waals surface area contributed by atoms with Gasteiger partial charge in [-0.1, -0.05) is 6.92 Å². The molecule has 0 aliphatic carbocycles. The summed E-state index contributed by atoms with van der Waals surface area (Å²) in [7, 11) is 1.49. The van der Waals surface area contributed by atoms with E-state index in [9.17, 15) is 14.0 Å². The van der Waals surface area contributed by atoms with E-state index in [2.05, 4.69) is 25.3 Å². The largest absolute Gasteiger partial charge is 0.363 e. The third-order valence-electron chi connectivity index (χ3n) is 5.67. The molecular formula is C21H26FN7O2. The number of nitrogens with one attached hydrogen (secondary N) is 2. The molecule has 3 aromatic heterocycles. The summed E-state index contributed by atoms with van der Waals surface area (Å²) in [6, 6.07) is 5.10. The van der Waals surface area contributed by atoms with Crippen molar-refractivity contribution in [2.24, 2.45) is 0 Å². The van der Waals surface area contributed by atoms with Crippen molar-refractivity contribution < 1.29 is 9.18 Å². The molecule has 4 heterocycles. The average Bonchev–Trinajstić information content (AvgIpc) is 3.13. The fraction of sp³-hybridized carbons (Fsp3) is 0.429.